The Kier molecular flexibility index (Phi) is 14.2. The van der Waals surface area contributed by atoms with Crippen LogP contribution < -0.4 is 15.2 Å². The Morgan fingerprint density at radius 3 is 1.69 bits per heavy atom. The fraction of sp³-hybridized carbons (Fsp3) is 0.552. The standard InChI is InChI=1S/C29H44N2O4/c1-2-3-4-5-6-7-8-9-10-11-12-13-22-31(29(30)33)23-24-34-26-18-20-28(21-19-26)35-27-16-14-25(32)15-17-27/h14-21,32H,2-13,22-24H2,1H3,(H2,30,33). The van der Waals surface area contributed by atoms with Gasteiger partial charge in [-0.05, 0) is 55.0 Å². The van der Waals surface area contributed by atoms with Crippen LogP contribution in [-0.2, 0) is 0 Å². The maximum atomic E-state index is 11.8. The molecule has 3 N–H and O–H groups in total. The first-order valence-corrected chi connectivity index (χ1v) is 13.3. The van der Waals surface area contributed by atoms with Crippen LogP contribution in [0, 0.1) is 0 Å². The van der Waals surface area contributed by atoms with Gasteiger partial charge in [-0.2, -0.15) is 0 Å². The maximum Gasteiger partial charge on any atom is 0.314 e. The van der Waals surface area contributed by atoms with E-state index in [1.807, 2.05) is 24.3 Å². The molecule has 0 heterocycles. The van der Waals surface area contributed by atoms with E-state index >= 15 is 0 Å². The van der Waals surface area contributed by atoms with Crippen LogP contribution in [0.15, 0.2) is 48.5 Å². The molecule has 0 fully saturated rings. The van der Waals surface area contributed by atoms with Crippen molar-refractivity contribution >= 4 is 6.03 Å². The monoisotopic (exact) mass is 484 g/mol. The SMILES string of the molecule is CCCCCCCCCCCCCCN(CCOc1ccc(Oc2ccc(O)cc2)cc1)C(N)=O. The number of hydrogen-bond acceptors (Lipinski definition) is 4. The molecular weight excluding hydrogens is 440 g/mol. The van der Waals surface area contributed by atoms with Gasteiger partial charge in [0.05, 0.1) is 6.54 Å². The lowest BCUT2D eigenvalue weighted by Gasteiger charge is -2.20. The summed E-state index contributed by atoms with van der Waals surface area (Å²) in [4.78, 5) is 13.4. The highest BCUT2D eigenvalue weighted by molar-refractivity contribution is 5.71. The highest BCUT2D eigenvalue weighted by Crippen LogP contribution is 2.25. The van der Waals surface area contributed by atoms with Crippen LogP contribution in [0.25, 0.3) is 0 Å². The van der Waals surface area contributed by atoms with Gasteiger partial charge < -0.3 is 25.2 Å². The summed E-state index contributed by atoms with van der Waals surface area (Å²) in [5.74, 6) is 2.22. The molecule has 0 aliphatic rings. The van der Waals surface area contributed by atoms with Gasteiger partial charge in [-0.15, -0.1) is 0 Å². The first kappa shape index (κ1) is 28.3. The van der Waals surface area contributed by atoms with E-state index in [0.717, 1.165) is 12.8 Å². The Hall–Kier alpha value is -2.89. The van der Waals surface area contributed by atoms with Gasteiger partial charge in [0.2, 0.25) is 0 Å². The van der Waals surface area contributed by atoms with Gasteiger partial charge in [0.1, 0.15) is 29.6 Å². The molecule has 6 heteroatoms. The second-order valence-corrected chi connectivity index (χ2v) is 9.13. The van der Waals surface area contributed by atoms with Crippen molar-refractivity contribution in [2.45, 2.75) is 84.0 Å². The Morgan fingerprint density at radius 2 is 1.17 bits per heavy atom. The van der Waals surface area contributed by atoms with Gasteiger partial charge in [0.25, 0.3) is 0 Å². The topological polar surface area (TPSA) is 85.0 Å². The molecule has 2 amide bonds. The van der Waals surface area contributed by atoms with E-state index in [-0.39, 0.29) is 5.75 Å². The maximum absolute atomic E-state index is 11.8. The molecule has 0 aliphatic heterocycles. The van der Waals surface area contributed by atoms with Crippen molar-refractivity contribution in [3.05, 3.63) is 48.5 Å². The minimum Gasteiger partial charge on any atom is -0.508 e. The third-order valence-electron chi connectivity index (χ3n) is 6.12. The Bertz CT molecular complexity index is 808. The fourth-order valence-electron chi connectivity index (χ4n) is 4.00. The number of unbranched alkanes of at least 4 members (excludes halogenated alkanes) is 11. The molecule has 0 bridgehead atoms. The predicted molar refractivity (Wildman–Crippen MR) is 142 cm³/mol. The molecular formula is C29H44N2O4. The highest BCUT2D eigenvalue weighted by atomic mass is 16.5. The van der Waals surface area contributed by atoms with Crippen molar-refractivity contribution in [1.82, 2.24) is 4.90 Å². The van der Waals surface area contributed by atoms with Gasteiger partial charge in [0, 0.05) is 6.54 Å². The molecule has 2 rings (SSSR count). The van der Waals surface area contributed by atoms with E-state index in [9.17, 15) is 9.90 Å². The smallest absolute Gasteiger partial charge is 0.314 e. The molecule has 6 nitrogen and oxygen atoms in total. The van der Waals surface area contributed by atoms with E-state index < -0.39 is 6.03 Å². The largest absolute Gasteiger partial charge is 0.508 e. The Morgan fingerprint density at radius 1 is 0.714 bits per heavy atom. The third kappa shape index (κ3) is 13.0. The summed E-state index contributed by atoms with van der Waals surface area (Å²) >= 11 is 0. The van der Waals surface area contributed by atoms with Crippen LogP contribution in [-0.4, -0.2) is 35.7 Å². The number of rotatable bonds is 19. The van der Waals surface area contributed by atoms with Crippen molar-refractivity contribution in [3.8, 4) is 23.0 Å². The molecule has 0 saturated carbocycles. The lowest BCUT2D eigenvalue weighted by atomic mass is 10.1. The Labute approximate surface area is 211 Å². The number of urea groups is 1. The van der Waals surface area contributed by atoms with Crippen molar-refractivity contribution in [2.75, 3.05) is 19.7 Å². The van der Waals surface area contributed by atoms with Crippen LogP contribution in [0.2, 0.25) is 0 Å². The molecule has 0 aliphatic carbocycles. The second kappa shape index (κ2) is 17.5. The number of carbonyl (C=O) groups excluding carboxylic acids is 1. The van der Waals surface area contributed by atoms with E-state index in [0.29, 0.717) is 36.9 Å². The van der Waals surface area contributed by atoms with Crippen LogP contribution in [0.3, 0.4) is 0 Å². The normalized spacial score (nSPS) is 10.8. The predicted octanol–water partition coefficient (Wildman–Crippen LogP) is 7.65. The second-order valence-electron chi connectivity index (χ2n) is 9.13. The van der Waals surface area contributed by atoms with Crippen molar-refractivity contribution in [2.24, 2.45) is 5.73 Å². The third-order valence-corrected chi connectivity index (χ3v) is 6.12. The molecule has 2 aromatic rings. The van der Waals surface area contributed by atoms with Gasteiger partial charge in [0.15, 0.2) is 0 Å². The van der Waals surface area contributed by atoms with E-state index in [1.165, 1.54) is 64.2 Å². The molecule has 0 aromatic heterocycles. The first-order chi connectivity index (χ1) is 17.1. The molecule has 0 saturated heterocycles. The number of aromatic hydroxyl groups is 1. The van der Waals surface area contributed by atoms with Gasteiger partial charge in [-0.25, -0.2) is 4.79 Å². The summed E-state index contributed by atoms with van der Waals surface area (Å²) in [5.41, 5.74) is 5.56. The summed E-state index contributed by atoms with van der Waals surface area (Å²) in [7, 11) is 0. The zero-order valence-electron chi connectivity index (χ0n) is 21.4. The summed E-state index contributed by atoms with van der Waals surface area (Å²) < 4.78 is 11.5. The lowest BCUT2D eigenvalue weighted by Crippen LogP contribution is -2.39. The van der Waals surface area contributed by atoms with Crippen LogP contribution in [0.1, 0.15) is 84.0 Å². The van der Waals surface area contributed by atoms with Crippen LogP contribution >= 0.6 is 0 Å². The van der Waals surface area contributed by atoms with Crippen LogP contribution in [0.5, 0.6) is 23.0 Å². The molecule has 2 aromatic carbocycles. The molecule has 0 radical (unpaired) electrons. The number of phenols is 1. The average Bonchev–Trinajstić information content (AvgIpc) is 2.86. The molecule has 0 unspecified atom stereocenters. The number of phenolic OH excluding ortho intramolecular Hbond substituents is 1. The van der Waals surface area contributed by atoms with Gasteiger partial charge in [-0.3, -0.25) is 0 Å². The summed E-state index contributed by atoms with van der Waals surface area (Å²) in [6.07, 6.45) is 15.5. The summed E-state index contributed by atoms with van der Waals surface area (Å²) in [6, 6.07) is 13.5. The zero-order chi connectivity index (χ0) is 25.1. The average molecular weight is 485 g/mol. The fourth-order valence-corrected chi connectivity index (χ4v) is 4.00. The minimum atomic E-state index is -0.394. The van der Waals surface area contributed by atoms with E-state index in [4.69, 9.17) is 15.2 Å². The quantitative estimate of drug-likeness (QED) is 0.201. The number of nitrogens with zero attached hydrogens (tertiary/aromatic N) is 1. The van der Waals surface area contributed by atoms with E-state index in [1.54, 1.807) is 29.2 Å². The molecule has 35 heavy (non-hydrogen) atoms. The van der Waals surface area contributed by atoms with Gasteiger partial charge >= 0.3 is 6.03 Å². The Balaban J connectivity index is 1.54. The summed E-state index contributed by atoms with van der Waals surface area (Å²) in [6.45, 7) is 3.79. The van der Waals surface area contributed by atoms with Crippen molar-refractivity contribution < 1.29 is 19.4 Å². The van der Waals surface area contributed by atoms with Crippen LogP contribution in [0.4, 0.5) is 4.79 Å². The first-order valence-electron chi connectivity index (χ1n) is 13.3. The number of nitrogens with two attached hydrogens (primary N) is 1. The number of hydrogen-bond donors (Lipinski definition) is 2. The number of ether oxygens (including phenoxy) is 2. The van der Waals surface area contributed by atoms with Crippen molar-refractivity contribution in [3.63, 3.8) is 0 Å². The molecule has 0 spiro atoms. The van der Waals surface area contributed by atoms with Crippen molar-refractivity contribution in [1.29, 1.82) is 0 Å². The minimum absolute atomic E-state index is 0.199. The number of amides is 2. The highest BCUT2D eigenvalue weighted by Gasteiger charge is 2.09. The lowest BCUT2D eigenvalue weighted by molar-refractivity contribution is 0.189. The van der Waals surface area contributed by atoms with Gasteiger partial charge in [-0.1, -0.05) is 77.6 Å². The molecule has 0 atom stereocenters. The zero-order valence-corrected chi connectivity index (χ0v) is 21.4. The number of primary amides is 1. The summed E-state index contributed by atoms with van der Waals surface area (Å²) in [5, 5.41) is 9.34. The number of benzene rings is 2. The number of carbonyl (C=O) groups is 1. The molecule has 194 valence electrons. The van der Waals surface area contributed by atoms with E-state index in [2.05, 4.69) is 6.92 Å².